The molecule has 2 aromatic rings. The van der Waals surface area contributed by atoms with Crippen molar-refractivity contribution in [3.8, 4) is 0 Å². The minimum absolute atomic E-state index is 0.167. The Morgan fingerprint density at radius 2 is 1.83 bits per heavy atom. The third-order valence-electron chi connectivity index (χ3n) is 3.60. The quantitative estimate of drug-likeness (QED) is 0.878. The van der Waals surface area contributed by atoms with Crippen LogP contribution in [0.3, 0.4) is 0 Å². The van der Waals surface area contributed by atoms with Gasteiger partial charge in [-0.15, -0.1) is 0 Å². The van der Waals surface area contributed by atoms with Crippen LogP contribution >= 0.6 is 0 Å². The molecule has 0 spiro atoms. The predicted molar refractivity (Wildman–Crippen MR) is 71.6 cm³/mol. The Balaban J connectivity index is 2.50. The summed E-state index contributed by atoms with van der Waals surface area (Å²) in [6, 6.07) is 10.8. The summed E-state index contributed by atoms with van der Waals surface area (Å²) in [6.07, 6.45) is 1.88. The van der Waals surface area contributed by atoms with Gasteiger partial charge in [0.25, 0.3) is 0 Å². The van der Waals surface area contributed by atoms with Crippen LogP contribution in [0.25, 0.3) is 0 Å². The van der Waals surface area contributed by atoms with Gasteiger partial charge >= 0.3 is 6.01 Å². The van der Waals surface area contributed by atoms with Gasteiger partial charge < -0.3 is 9.84 Å². The van der Waals surface area contributed by atoms with Crippen LogP contribution in [0, 0.1) is 0 Å². The molecule has 1 aromatic heterocycles. The summed E-state index contributed by atoms with van der Waals surface area (Å²) in [4.78, 5) is 4.43. The maximum atomic E-state index is 5.17. The summed E-state index contributed by atoms with van der Waals surface area (Å²) in [7, 11) is 1.78. The fourth-order valence-electron chi connectivity index (χ4n) is 2.38. The molecule has 4 nitrogen and oxygen atoms in total. The third-order valence-corrected chi connectivity index (χ3v) is 3.60. The first-order valence-electron chi connectivity index (χ1n) is 6.34. The second kappa shape index (κ2) is 5.21. The van der Waals surface area contributed by atoms with E-state index >= 15 is 0 Å². The van der Waals surface area contributed by atoms with E-state index < -0.39 is 0 Å². The zero-order valence-corrected chi connectivity index (χ0v) is 11.1. The minimum atomic E-state index is -0.167. The van der Waals surface area contributed by atoms with E-state index in [2.05, 4.69) is 53.6 Å². The summed E-state index contributed by atoms with van der Waals surface area (Å²) >= 11 is 0. The molecule has 4 heteroatoms. The van der Waals surface area contributed by atoms with E-state index in [1.807, 2.05) is 6.07 Å². The third kappa shape index (κ3) is 1.98. The van der Waals surface area contributed by atoms with Gasteiger partial charge in [0.2, 0.25) is 0 Å². The SMILES string of the molecule is CCC(CC)(c1ccccc1)c1noc(NC)n1. The first kappa shape index (κ1) is 12.6. The molecule has 0 saturated carbocycles. The second-order valence-corrected chi connectivity index (χ2v) is 4.33. The highest BCUT2D eigenvalue weighted by molar-refractivity contribution is 5.34. The monoisotopic (exact) mass is 245 g/mol. The predicted octanol–water partition coefficient (Wildman–Crippen LogP) is 3.22. The van der Waals surface area contributed by atoms with Gasteiger partial charge in [0.15, 0.2) is 5.82 Å². The van der Waals surface area contributed by atoms with Crippen molar-refractivity contribution < 1.29 is 4.52 Å². The summed E-state index contributed by atoms with van der Waals surface area (Å²) < 4.78 is 5.17. The lowest BCUT2D eigenvalue weighted by Gasteiger charge is -2.28. The van der Waals surface area contributed by atoms with E-state index in [1.54, 1.807) is 7.05 Å². The molecule has 0 atom stereocenters. The standard InChI is InChI=1S/C14H19N3O/c1-4-14(5-2,11-9-7-6-8-10-11)12-16-13(15-3)18-17-12/h6-10H,4-5H2,1-3H3,(H,15,16,17). The van der Waals surface area contributed by atoms with Crippen LogP contribution < -0.4 is 5.32 Å². The fourth-order valence-corrected chi connectivity index (χ4v) is 2.38. The Bertz CT molecular complexity index is 489. The molecule has 1 heterocycles. The number of rotatable bonds is 5. The lowest BCUT2D eigenvalue weighted by molar-refractivity contribution is 0.382. The largest absolute Gasteiger partial charge is 0.341 e. The van der Waals surface area contributed by atoms with Gasteiger partial charge in [-0.05, 0) is 18.4 Å². The number of nitrogens with one attached hydrogen (secondary N) is 1. The number of hydrogen-bond donors (Lipinski definition) is 1. The number of aromatic nitrogens is 2. The molecule has 18 heavy (non-hydrogen) atoms. The van der Waals surface area contributed by atoms with Gasteiger partial charge in [-0.2, -0.15) is 4.98 Å². The normalized spacial score (nSPS) is 11.5. The molecule has 1 aromatic carbocycles. The van der Waals surface area contributed by atoms with Crippen molar-refractivity contribution in [3.05, 3.63) is 41.7 Å². The molecule has 0 amide bonds. The highest BCUT2D eigenvalue weighted by Crippen LogP contribution is 2.37. The van der Waals surface area contributed by atoms with Crippen molar-refractivity contribution in [1.29, 1.82) is 0 Å². The van der Waals surface area contributed by atoms with E-state index in [0.717, 1.165) is 18.7 Å². The Labute approximate surface area is 107 Å². The topological polar surface area (TPSA) is 51.0 Å². The summed E-state index contributed by atoms with van der Waals surface area (Å²) in [5.41, 5.74) is 1.07. The molecule has 0 aliphatic heterocycles. The van der Waals surface area contributed by atoms with Crippen LogP contribution in [0.4, 0.5) is 6.01 Å². The van der Waals surface area contributed by atoms with Crippen molar-refractivity contribution in [3.63, 3.8) is 0 Å². The molecular formula is C14H19N3O. The van der Waals surface area contributed by atoms with Crippen molar-refractivity contribution in [2.45, 2.75) is 32.1 Å². The first-order chi connectivity index (χ1) is 8.76. The highest BCUT2D eigenvalue weighted by Gasteiger charge is 2.35. The van der Waals surface area contributed by atoms with Crippen LogP contribution in [0.5, 0.6) is 0 Å². The molecule has 1 N–H and O–H groups in total. The second-order valence-electron chi connectivity index (χ2n) is 4.33. The molecule has 96 valence electrons. The molecule has 0 saturated heterocycles. The Hall–Kier alpha value is -1.84. The number of nitrogens with zero attached hydrogens (tertiary/aromatic N) is 2. The van der Waals surface area contributed by atoms with Gasteiger partial charge in [-0.3, -0.25) is 0 Å². The average molecular weight is 245 g/mol. The van der Waals surface area contributed by atoms with Crippen LogP contribution in [-0.2, 0) is 5.41 Å². The van der Waals surface area contributed by atoms with Crippen molar-refractivity contribution in [2.75, 3.05) is 12.4 Å². The van der Waals surface area contributed by atoms with Crippen molar-refractivity contribution in [1.82, 2.24) is 10.1 Å². The van der Waals surface area contributed by atoms with E-state index in [-0.39, 0.29) is 5.41 Å². The van der Waals surface area contributed by atoms with Crippen LogP contribution in [0.1, 0.15) is 38.1 Å². The van der Waals surface area contributed by atoms with Gasteiger partial charge in [0.05, 0.1) is 5.41 Å². The minimum Gasteiger partial charge on any atom is -0.341 e. The number of anilines is 1. The zero-order valence-electron chi connectivity index (χ0n) is 11.1. The van der Waals surface area contributed by atoms with Gasteiger partial charge in [-0.1, -0.05) is 49.3 Å². The van der Waals surface area contributed by atoms with Gasteiger partial charge in [0.1, 0.15) is 0 Å². The van der Waals surface area contributed by atoms with E-state index in [9.17, 15) is 0 Å². The van der Waals surface area contributed by atoms with Crippen molar-refractivity contribution in [2.24, 2.45) is 0 Å². The average Bonchev–Trinajstić information content (AvgIpc) is 2.91. The molecule has 0 bridgehead atoms. The summed E-state index contributed by atoms with van der Waals surface area (Å²) in [5.74, 6) is 0.753. The van der Waals surface area contributed by atoms with Crippen LogP contribution in [0.2, 0.25) is 0 Å². The molecule has 0 aliphatic carbocycles. The summed E-state index contributed by atoms with van der Waals surface area (Å²) in [6.45, 7) is 4.32. The Kier molecular flexibility index (Phi) is 3.65. The molecule has 0 fully saturated rings. The number of benzene rings is 1. The highest BCUT2D eigenvalue weighted by atomic mass is 16.5. The Morgan fingerprint density at radius 1 is 1.17 bits per heavy atom. The molecule has 2 rings (SSSR count). The van der Waals surface area contributed by atoms with Crippen LogP contribution in [-0.4, -0.2) is 17.2 Å². The maximum absolute atomic E-state index is 5.17. The lowest BCUT2D eigenvalue weighted by atomic mass is 9.75. The maximum Gasteiger partial charge on any atom is 0.321 e. The molecule has 0 unspecified atom stereocenters. The lowest BCUT2D eigenvalue weighted by Crippen LogP contribution is -2.27. The summed E-state index contributed by atoms with van der Waals surface area (Å²) in [5, 5.41) is 7.01. The molecule has 0 radical (unpaired) electrons. The van der Waals surface area contributed by atoms with Crippen molar-refractivity contribution >= 4 is 6.01 Å². The fraction of sp³-hybridized carbons (Fsp3) is 0.429. The molecular weight excluding hydrogens is 226 g/mol. The van der Waals surface area contributed by atoms with Gasteiger partial charge in [0, 0.05) is 7.05 Å². The van der Waals surface area contributed by atoms with E-state index in [0.29, 0.717) is 6.01 Å². The molecule has 0 aliphatic rings. The Morgan fingerprint density at radius 3 is 2.33 bits per heavy atom. The zero-order chi connectivity index (χ0) is 13.0. The smallest absolute Gasteiger partial charge is 0.321 e. The van der Waals surface area contributed by atoms with E-state index in [1.165, 1.54) is 5.56 Å². The first-order valence-corrected chi connectivity index (χ1v) is 6.34. The number of hydrogen-bond acceptors (Lipinski definition) is 4. The van der Waals surface area contributed by atoms with Gasteiger partial charge in [-0.25, -0.2) is 0 Å². The van der Waals surface area contributed by atoms with E-state index in [4.69, 9.17) is 4.52 Å². The van der Waals surface area contributed by atoms with Crippen LogP contribution in [0.15, 0.2) is 34.9 Å².